The monoisotopic (exact) mass is 276 g/mol. The highest BCUT2D eigenvalue weighted by atomic mass is 16.5. The van der Waals surface area contributed by atoms with Crippen molar-refractivity contribution >= 4 is 5.91 Å². The lowest BCUT2D eigenvalue weighted by Gasteiger charge is -2.24. The molecule has 1 amide bonds. The van der Waals surface area contributed by atoms with Crippen LogP contribution in [-0.4, -0.2) is 40.0 Å². The zero-order chi connectivity index (χ0) is 14.3. The summed E-state index contributed by atoms with van der Waals surface area (Å²) in [4.78, 5) is 11.8. The van der Waals surface area contributed by atoms with Crippen LogP contribution in [0.4, 0.5) is 0 Å². The van der Waals surface area contributed by atoms with Gasteiger partial charge in [-0.25, -0.2) is 5.06 Å². The number of hydrogen-bond donors (Lipinski definition) is 3. The van der Waals surface area contributed by atoms with Gasteiger partial charge in [0.1, 0.15) is 0 Å². The molecule has 4 N–H and O–H groups in total. The quantitative estimate of drug-likeness (QED) is 0.704. The van der Waals surface area contributed by atoms with E-state index >= 15 is 0 Å². The number of rotatable bonds is 2. The normalized spacial score (nSPS) is 29.6. The molecule has 1 saturated carbocycles. The Hall–Kier alpha value is -1.43. The minimum Gasteiger partial charge on any atom is -0.394 e. The molecule has 0 radical (unpaired) electrons. The number of carbonyl (C=O) groups is 1. The van der Waals surface area contributed by atoms with Gasteiger partial charge in [0, 0.05) is 11.1 Å². The van der Waals surface area contributed by atoms with E-state index < -0.39 is 5.54 Å². The predicted molar refractivity (Wildman–Crippen MR) is 73.6 cm³/mol. The van der Waals surface area contributed by atoms with Gasteiger partial charge in [-0.3, -0.25) is 10.0 Å². The van der Waals surface area contributed by atoms with Crippen molar-refractivity contribution in [2.24, 2.45) is 5.73 Å². The second-order valence-corrected chi connectivity index (χ2v) is 6.06. The highest BCUT2D eigenvalue weighted by Crippen LogP contribution is 2.40. The van der Waals surface area contributed by atoms with Crippen LogP contribution in [0.1, 0.15) is 46.7 Å². The Morgan fingerprint density at radius 1 is 1.45 bits per heavy atom. The lowest BCUT2D eigenvalue weighted by molar-refractivity contribution is -0.0601. The first kappa shape index (κ1) is 13.5. The molecule has 1 aliphatic heterocycles. The molecule has 1 fully saturated rings. The summed E-state index contributed by atoms with van der Waals surface area (Å²) in [6, 6.07) is 5.81. The van der Waals surface area contributed by atoms with Crippen LogP contribution in [0.2, 0.25) is 0 Å². The van der Waals surface area contributed by atoms with Gasteiger partial charge in [-0.1, -0.05) is 12.1 Å². The van der Waals surface area contributed by atoms with Crippen LogP contribution in [0.5, 0.6) is 0 Å². The Kier molecular flexibility index (Phi) is 3.28. The van der Waals surface area contributed by atoms with E-state index in [4.69, 9.17) is 5.73 Å². The topological polar surface area (TPSA) is 86.8 Å². The number of benzene rings is 1. The molecule has 1 aliphatic carbocycles. The number of aliphatic hydroxyl groups is 1. The second kappa shape index (κ2) is 4.84. The molecule has 2 aliphatic rings. The largest absolute Gasteiger partial charge is 0.394 e. The molecule has 1 aromatic rings. The van der Waals surface area contributed by atoms with Crippen molar-refractivity contribution in [3.05, 3.63) is 34.9 Å². The highest BCUT2D eigenvalue weighted by Gasteiger charge is 2.36. The molecule has 20 heavy (non-hydrogen) atoms. The van der Waals surface area contributed by atoms with E-state index in [0.29, 0.717) is 24.4 Å². The zero-order valence-corrected chi connectivity index (χ0v) is 11.4. The Balaban J connectivity index is 1.85. The maximum Gasteiger partial charge on any atom is 0.277 e. The summed E-state index contributed by atoms with van der Waals surface area (Å²) in [5.74, 6) is 0.0208. The fourth-order valence-electron chi connectivity index (χ4n) is 3.33. The molecule has 0 bridgehead atoms. The summed E-state index contributed by atoms with van der Waals surface area (Å²) >= 11 is 0. The first-order valence-corrected chi connectivity index (χ1v) is 7.06. The minimum atomic E-state index is -0.460. The fraction of sp³-hybridized carbons (Fsp3) is 0.533. The van der Waals surface area contributed by atoms with E-state index in [9.17, 15) is 15.1 Å². The van der Waals surface area contributed by atoms with Crippen molar-refractivity contribution < 1.29 is 15.1 Å². The van der Waals surface area contributed by atoms with E-state index in [1.807, 2.05) is 6.07 Å². The molecule has 5 heteroatoms. The zero-order valence-electron chi connectivity index (χ0n) is 11.4. The van der Waals surface area contributed by atoms with Crippen LogP contribution in [0, 0.1) is 0 Å². The minimum absolute atomic E-state index is 0.0202. The third-order valence-corrected chi connectivity index (χ3v) is 4.62. The Labute approximate surface area is 118 Å². The lowest BCUT2D eigenvalue weighted by Crippen LogP contribution is -2.40. The van der Waals surface area contributed by atoms with Crippen molar-refractivity contribution in [2.75, 3.05) is 13.2 Å². The number of fused-ring (bicyclic) bond motifs is 1. The Bertz CT molecular complexity index is 546. The summed E-state index contributed by atoms with van der Waals surface area (Å²) in [6.07, 6.45) is 3.25. The maximum atomic E-state index is 11.8. The summed E-state index contributed by atoms with van der Waals surface area (Å²) in [5.41, 5.74) is 8.43. The van der Waals surface area contributed by atoms with E-state index in [0.717, 1.165) is 29.9 Å². The third kappa shape index (κ3) is 2.22. The van der Waals surface area contributed by atoms with Gasteiger partial charge < -0.3 is 10.8 Å². The van der Waals surface area contributed by atoms with Crippen LogP contribution in [-0.2, 0) is 6.42 Å². The standard InChI is InChI=1S/C15H20N2O3/c16-15(9-18)5-3-12(8-15)10-1-2-13-11(7-10)4-6-17(20)14(13)19/h1-2,7,12,18,20H,3-6,8-9,16H2. The molecule has 2 atom stereocenters. The van der Waals surface area contributed by atoms with Gasteiger partial charge in [0.2, 0.25) is 0 Å². The molecule has 0 aromatic heterocycles. The summed E-state index contributed by atoms with van der Waals surface area (Å²) in [6.45, 7) is 0.365. The van der Waals surface area contributed by atoms with Gasteiger partial charge in [-0.15, -0.1) is 0 Å². The molecule has 1 aromatic carbocycles. The van der Waals surface area contributed by atoms with E-state index in [-0.39, 0.29) is 12.5 Å². The molecule has 1 heterocycles. The Morgan fingerprint density at radius 3 is 2.95 bits per heavy atom. The van der Waals surface area contributed by atoms with Gasteiger partial charge >= 0.3 is 0 Å². The highest BCUT2D eigenvalue weighted by molar-refractivity contribution is 5.96. The number of nitrogens with zero attached hydrogens (tertiary/aromatic N) is 1. The molecule has 0 saturated heterocycles. The van der Waals surface area contributed by atoms with Crippen molar-refractivity contribution in [1.29, 1.82) is 0 Å². The number of amides is 1. The SMILES string of the molecule is NC1(CO)CCC(c2ccc3c(c2)CCN(O)C3=O)C1. The second-order valence-electron chi connectivity index (χ2n) is 6.06. The molecule has 2 unspecified atom stereocenters. The average molecular weight is 276 g/mol. The van der Waals surface area contributed by atoms with E-state index in [2.05, 4.69) is 6.07 Å². The number of hydroxylamine groups is 2. The summed E-state index contributed by atoms with van der Waals surface area (Å²) in [5, 5.41) is 19.6. The maximum absolute atomic E-state index is 11.8. The predicted octanol–water partition coefficient (Wildman–Crippen LogP) is 1.03. The third-order valence-electron chi connectivity index (χ3n) is 4.62. The van der Waals surface area contributed by atoms with Gasteiger partial charge in [-0.05, 0) is 48.8 Å². The first-order chi connectivity index (χ1) is 9.52. The number of aliphatic hydroxyl groups excluding tert-OH is 1. The van der Waals surface area contributed by atoms with Crippen LogP contribution in [0.25, 0.3) is 0 Å². The van der Waals surface area contributed by atoms with Gasteiger partial charge in [0.15, 0.2) is 0 Å². The summed E-state index contributed by atoms with van der Waals surface area (Å²) in [7, 11) is 0. The fourth-order valence-corrected chi connectivity index (χ4v) is 3.33. The summed E-state index contributed by atoms with van der Waals surface area (Å²) < 4.78 is 0. The van der Waals surface area contributed by atoms with Crippen LogP contribution in [0.15, 0.2) is 18.2 Å². The van der Waals surface area contributed by atoms with Gasteiger partial charge in [0.25, 0.3) is 5.91 Å². The van der Waals surface area contributed by atoms with Gasteiger partial charge in [0.05, 0.1) is 13.2 Å². The van der Waals surface area contributed by atoms with Crippen molar-refractivity contribution in [1.82, 2.24) is 5.06 Å². The van der Waals surface area contributed by atoms with Crippen molar-refractivity contribution in [2.45, 2.75) is 37.1 Å². The van der Waals surface area contributed by atoms with Crippen molar-refractivity contribution in [3.8, 4) is 0 Å². The molecular formula is C15H20N2O3. The molecular weight excluding hydrogens is 256 g/mol. The van der Waals surface area contributed by atoms with E-state index in [1.54, 1.807) is 6.07 Å². The first-order valence-electron chi connectivity index (χ1n) is 7.06. The average Bonchev–Trinajstić information content (AvgIpc) is 2.86. The molecule has 3 rings (SSSR count). The number of hydrogen-bond acceptors (Lipinski definition) is 4. The molecule has 0 spiro atoms. The molecule has 108 valence electrons. The van der Waals surface area contributed by atoms with Gasteiger partial charge in [-0.2, -0.15) is 0 Å². The van der Waals surface area contributed by atoms with Crippen LogP contribution >= 0.6 is 0 Å². The number of carbonyl (C=O) groups excluding carboxylic acids is 1. The lowest BCUT2D eigenvalue weighted by atomic mass is 9.89. The number of nitrogens with two attached hydrogens (primary N) is 1. The molecule has 5 nitrogen and oxygen atoms in total. The van der Waals surface area contributed by atoms with Crippen LogP contribution < -0.4 is 5.73 Å². The smallest absolute Gasteiger partial charge is 0.277 e. The Morgan fingerprint density at radius 2 is 2.25 bits per heavy atom. The van der Waals surface area contributed by atoms with E-state index in [1.165, 1.54) is 5.56 Å². The van der Waals surface area contributed by atoms with Crippen LogP contribution in [0.3, 0.4) is 0 Å². The van der Waals surface area contributed by atoms with Crippen molar-refractivity contribution in [3.63, 3.8) is 0 Å².